The molecule has 2 aliphatic rings. The highest BCUT2D eigenvalue weighted by atomic mass is 31.2. The molecule has 0 unspecified atom stereocenters. The summed E-state index contributed by atoms with van der Waals surface area (Å²) in [5.74, 6) is -1.86. The molecule has 10 nitrogen and oxygen atoms in total. The third-order valence-electron chi connectivity index (χ3n) is 3.69. The van der Waals surface area contributed by atoms with Gasteiger partial charge in [-0.3, -0.25) is 9.13 Å². The Bertz CT molecular complexity index is 639. The maximum Gasteiger partial charge on any atom is 0.367 e. The summed E-state index contributed by atoms with van der Waals surface area (Å²) in [5, 5.41) is 0. The van der Waals surface area contributed by atoms with E-state index in [0.717, 1.165) is 12.2 Å². The van der Waals surface area contributed by atoms with Crippen molar-refractivity contribution in [1.82, 2.24) is 0 Å². The van der Waals surface area contributed by atoms with Gasteiger partial charge in [-0.25, -0.2) is 9.59 Å². The van der Waals surface area contributed by atoms with Crippen molar-refractivity contribution >= 4 is 27.1 Å². The third kappa shape index (κ3) is 7.43. The van der Waals surface area contributed by atoms with E-state index < -0.39 is 39.8 Å². The van der Waals surface area contributed by atoms with E-state index in [1.807, 2.05) is 27.7 Å². The van der Waals surface area contributed by atoms with Crippen molar-refractivity contribution in [2.45, 2.75) is 27.7 Å². The van der Waals surface area contributed by atoms with Crippen LogP contribution in [0.25, 0.3) is 0 Å². The van der Waals surface area contributed by atoms with E-state index in [2.05, 4.69) is 0 Å². The van der Waals surface area contributed by atoms with Crippen LogP contribution in [0.2, 0.25) is 0 Å². The van der Waals surface area contributed by atoms with E-state index in [9.17, 15) is 18.7 Å². The standard InChI is InChI=1S/C16H26O10P2/c1-15(2)7-23-27(19,24-8-15)11-21-13(17)5-6-14(18)22-12-28(20)25-9-16(3,4)10-26-28/h5-6H,7-12H2,1-4H3. The summed E-state index contributed by atoms with van der Waals surface area (Å²) in [6, 6.07) is 0. The second-order valence-corrected chi connectivity index (χ2v) is 12.2. The van der Waals surface area contributed by atoms with Gasteiger partial charge in [0.2, 0.25) is 0 Å². The number of hydrogen-bond donors (Lipinski definition) is 0. The van der Waals surface area contributed by atoms with Crippen molar-refractivity contribution in [3.05, 3.63) is 12.2 Å². The molecule has 160 valence electrons. The largest absolute Gasteiger partial charge is 0.450 e. The lowest BCUT2D eigenvalue weighted by atomic mass is 9.97. The van der Waals surface area contributed by atoms with Gasteiger partial charge in [0.05, 0.1) is 26.4 Å². The first-order chi connectivity index (χ1) is 12.8. The Kier molecular flexibility index (Phi) is 7.29. The Labute approximate surface area is 163 Å². The molecule has 2 fully saturated rings. The van der Waals surface area contributed by atoms with Gasteiger partial charge in [0.1, 0.15) is 0 Å². The fourth-order valence-corrected chi connectivity index (χ4v) is 5.12. The molecular weight excluding hydrogens is 414 g/mol. The third-order valence-corrected chi connectivity index (χ3v) is 6.67. The number of carbonyl (C=O) groups excluding carboxylic acids is 2. The number of carbonyl (C=O) groups is 2. The zero-order chi connectivity index (χ0) is 21.1. The normalized spacial score (nSPS) is 25.1. The monoisotopic (exact) mass is 440 g/mol. The van der Waals surface area contributed by atoms with E-state index in [4.69, 9.17) is 27.6 Å². The Morgan fingerprint density at radius 1 is 0.750 bits per heavy atom. The van der Waals surface area contributed by atoms with Gasteiger partial charge in [-0.1, -0.05) is 27.7 Å². The molecule has 0 N–H and O–H groups in total. The minimum atomic E-state index is -3.51. The molecule has 0 aromatic heterocycles. The predicted octanol–water partition coefficient (Wildman–Crippen LogP) is 3.08. The molecule has 0 aromatic rings. The number of rotatable bonds is 6. The second-order valence-electron chi connectivity index (χ2n) is 8.16. The predicted molar refractivity (Wildman–Crippen MR) is 97.6 cm³/mol. The van der Waals surface area contributed by atoms with Gasteiger partial charge >= 0.3 is 27.1 Å². The van der Waals surface area contributed by atoms with Crippen LogP contribution in [0.5, 0.6) is 0 Å². The van der Waals surface area contributed by atoms with E-state index in [-0.39, 0.29) is 37.3 Å². The highest BCUT2D eigenvalue weighted by Crippen LogP contribution is 2.54. The van der Waals surface area contributed by atoms with Crippen molar-refractivity contribution < 1.29 is 46.3 Å². The molecule has 0 spiro atoms. The van der Waals surface area contributed by atoms with Gasteiger partial charge < -0.3 is 27.6 Å². The van der Waals surface area contributed by atoms with E-state index in [1.54, 1.807) is 0 Å². The molecule has 2 heterocycles. The summed E-state index contributed by atoms with van der Waals surface area (Å²) in [4.78, 5) is 23.3. The fourth-order valence-electron chi connectivity index (χ4n) is 1.92. The molecule has 12 heteroatoms. The lowest BCUT2D eigenvalue weighted by Crippen LogP contribution is -2.30. The molecule has 2 aliphatic heterocycles. The number of esters is 2. The van der Waals surface area contributed by atoms with Crippen LogP contribution in [0, 0.1) is 10.8 Å². The van der Waals surface area contributed by atoms with E-state index in [0.29, 0.717) is 0 Å². The number of ether oxygens (including phenoxy) is 2. The molecule has 2 rings (SSSR count). The Balaban J connectivity index is 1.71. The van der Waals surface area contributed by atoms with E-state index >= 15 is 0 Å². The highest BCUT2D eigenvalue weighted by Gasteiger charge is 2.38. The minimum absolute atomic E-state index is 0.214. The average molecular weight is 440 g/mol. The molecule has 28 heavy (non-hydrogen) atoms. The molecule has 0 amide bonds. The molecule has 0 aromatic carbocycles. The maximum absolute atomic E-state index is 12.2. The molecule has 0 aliphatic carbocycles. The first kappa shape index (κ1) is 23.3. The van der Waals surface area contributed by atoms with Gasteiger partial charge in [-0.15, -0.1) is 0 Å². The topological polar surface area (TPSA) is 124 Å². The van der Waals surface area contributed by atoms with Crippen molar-refractivity contribution in [2.75, 3.05) is 39.1 Å². The van der Waals surface area contributed by atoms with Crippen LogP contribution < -0.4 is 0 Å². The van der Waals surface area contributed by atoms with Gasteiger partial charge in [-0.05, 0) is 0 Å². The van der Waals surface area contributed by atoms with Crippen molar-refractivity contribution in [2.24, 2.45) is 10.8 Å². The van der Waals surface area contributed by atoms with Gasteiger partial charge in [0.25, 0.3) is 0 Å². The lowest BCUT2D eigenvalue weighted by molar-refractivity contribution is -0.139. The summed E-state index contributed by atoms with van der Waals surface area (Å²) in [6.07, 6.45) is 0.468. The Morgan fingerprint density at radius 3 is 1.32 bits per heavy atom. The van der Waals surface area contributed by atoms with Crippen molar-refractivity contribution in [1.29, 1.82) is 0 Å². The zero-order valence-electron chi connectivity index (χ0n) is 16.4. The van der Waals surface area contributed by atoms with Crippen LogP contribution in [0.3, 0.4) is 0 Å². The highest BCUT2D eigenvalue weighted by molar-refractivity contribution is 7.54. The van der Waals surface area contributed by atoms with Crippen LogP contribution in [-0.4, -0.2) is 51.1 Å². The van der Waals surface area contributed by atoms with Gasteiger partial charge in [0.15, 0.2) is 12.7 Å². The van der Waals surface area contributed by atoms with E-state index in [1.165, 1.54) is 0 Å². The molecular formula is C16H26O10P2. The molecule has 0 atom stereocenters. The van der Waals surface area contributed by atoms with Crippen LogP contribution in [-0.2, 0) is 46.3 Å². The average Bonchev–Trinajstić information content (AvgIpc) is 2.63. The van der Waals surface area contributed by atoms with Crippen LogP contribution in [0.4, 0.5) is 0 Å². The van der Waals surface area contributed by atoms with Gasteiger partial charge in [-0.2, -0.15) is 0 Å². The molecule has 0 saturated carbocycles. The van der Waals surface area contributed by atoms with Gasteiger partial charge in [0, 0.05) is 23.0 Å². The summed E-state index contributed by atoms with van der Waals surface area (Å²) < 4.78 is 54.7. The lowest BCUT2D eigenvalue weighted by Gasteiger charge is -2.33. The first-order valence-corrected chi connectivity index (χ1v) is 12.1. The molecule has 2 saturated heterocycles. The summed E-state index contributed by atoms with van der Waals surface area (Å²) in [5.41, 5.74) is -0.546. The maximum atomic E-state index is 12.2. The molecule has 0 radical (unpaired) electrons. The SMILES string of the molecule is CC1(C)COP(=O)(COC(=O)C=CC(=O)OCP2(=O)OCC(C)(C)CO2)OC1. The van der Waals surface area contributed by atoms with Crippen molar-refractivity contribution in [3.8, 4) is 0 Å². The zero-order valence-corrected chi connectivity index (χ0v) is 18.2. The van der Waals surface area contributed by atoms with Crippen molar-refractivity contribution in [3.63, 3.8) is 0 Å². The quantitative estimate of drug-likeness (QED) is 0.346. The van der Waals surface area contributed by atoms with Crippen LogP contribution in [0.15, 0.2) is 12.2 Å². The fraction of sp³-hybridized carbons (Fsp3) is 0.750. The van der Waals surface area contributed by atoms with Crippen LogP contribution in [0.1, 0.15) is 27.7 Å². The summed E-state index contributed by atoms with van der Waals surface area (Å²) in [6.45, 7) is 8.39. The number of hydrogen-bond acceptors (Lipinski definition) is 10. The second kappa shape index (κ2) is 8.78. The summed E-state index contributed by atoms with van der Waals surface area (Å²) >= 11 is 0. The minimum Gasteiger partial charge on any atom is -0.450 e. The van der Waals surface area contributed by atoms with Crippen LogP contribution >= 0.6 is 15.2 Å². The smallest absolute Gasteiger partial charge is 0.367 e. The molecule has 0 bridgehead atoms. The first-order valence-electron chi connectivity index (χ1n) is 8.60. The Morgan fingerprint density at radius 2 is 1.04 bits per heavy atom. The Hall–Kier alpha value is -1.02. The summed E-state index contributed by atoms with van der Waals surface area (Å²) in [7, 11) is -7.02.